The van der Waals surface area contributed by atoms with Crippen molar-refractivity contribution in [3.05, 3.63) is 53.1 Å². The highest BCUT2D eigenvalue weighted by atomic mass is 32.2. The second-order valence-corrected chi connectivity index (χ2v) is 7.58. The van der Waals surface area contributed by atoms with Gasteiger partial charge >= 0.3 is 11.9 Å². The highest BCUT2D eigenvalue weighted by Crippen LogP contribution is 2.35. The van der Waals surface area contributed by atoms with Gasteiger partial charge in [-0.05, 0) is 18.6 Å². The summed E-state index contributed by atoms with van der Waals surface area (Å²) in [6.07, 6.45) is 0.886. The Hall–Kier alpha value is -2.91. The quantitative estimate of drug-likeness (QED) is 0.521. The van der Waals surface area contributed by atoms with E-state index in [4.69, 9.17) is 21.7 Å². The van der Waals surface area contributed by atoms with Crippen molar-refractivity contribution in [2.24, 2.45) is 0 Å². The number of nitrogens with zero attached hydrogens (tertiary/aromatic N) is 1. The van der Waals surface area contributed by atoms with Crippen molar-refractivity contribution in [1.29, 1.82) is 0 Å². The van der Waals surface area contributed by atoms with Crippen molar-refractivity contribution < 1.29 is 29.0 Å². The summed E-state index contributed by atoms with van der Waals surface area (Å²) in [7, 11) is 0. The highest BCUT2D eigenvalue weighted by Gasteiger charge is 2.40. The van der Waals surface area contributed by atoms with Gasteiger partial charge in [0.1, 0.15) is 21.9 Å². The average Bonchev–Trinajstić information content (AvgIpc) is 3.22. The summed E-state index contributed by atoms with van der Waals surface area (Å²) >= 11 is 6.11. The molecule has 1 atom stereocenters. The lowest BCUT2D eigenvalue weighted by molar-refractivity contribution is -0.146. The van der Waals surface area contributed by atoms with Crippen molar-refractivity contribution >= 4 is 52.2 Å². The summed E-state index contributed by atoms with van der Waals surface area (Å²) in [5.74, 6) is -1.96. The van der Waals surface area contributed by atoms with Gasteiger partial charge in [0.2, 0.25) is 0 Å². The molecule has 1 aliphatic heterocycles. The molecule has 1 saturated heterocycles. The van der Waals surface area contributed by atoms with E-state index < -0.39 is 23.9 Å². The zero-order chi connectivity index (χ0) is 20.3. The van der Waals surface area contributed by atoms with Crippen LogP contribution >= 0.6 is 24.0 Å². The predicted molar refractivity (Wildman–Crippen MR) is 107 cm³/mol. The number of carbonyl (C=O) groups is 3. The van der Waals surface area contributed by atoms with Gasteiger partial charge in [0.15, 0.2) is 0 Å². The number of thioether (sulfide) groups is 1. The molecule has 3 rings (SSSR count). The minimum atomic E-state index is -1.33. The summed E-state index contributed by atoms with van der Waals surface area (Å²) in [5.41, 5.74) is 0.884. The smallest absolute Gasteiger partial charge is 0.326 e. The molecule has 2 N–H and O–H groups in total. The molecule has 7 nitrogen and oxygen atoms in total. The minimum absolute atomic E-state index is 0.0730. The molecule has 0 saturated carbocycles. The van der Waals surface area contributed by atoms with Crippen LogP contribution in [0.15, 0.2) is 51.8 Å². The molecule has 0 aliphatic carbocycles. The summed E-state index contributed by atoms with van der Waals surface area (Å²) in [4.78, 5) is 36.2. The molecule has 144 valence electrons. The van der Waals surface area contributed by atoms with Crippen LogP contribution in [0.25, 0.3) is 17.4 Å². The number of furan rings is 1. The van der Waals surface area contributed by atoms with Crippen LogP contribution in [0, 0.1) is 0 Å². The molecule has 1 unspecified atom stereocenters. The number of carboxylic acid groups (broad SMARTS) is 2. The molecule has 1 aromatic carbocycles. The lowest BCUT2D eigenvalue weighted by Gasteiger charge is -2.22. The number of carbonyl (C=O) groups excluding carboxylic acids is 1. The standard InChI is InChI=1S/C19H15NO6S2/c21-16(22)9-7-13(18(24)25)20-17(23)15(28-19(20)27)10-12-6-8-14(26-12)11-4-2-1-3-5-11/h1-6,8,10,13H,7,9H2,(H,21,22)(H,24,25). The van der Waals surface area contributed by atoms with E-state index in [1.54, 1.807) is 12.1 Å². The molecule has 1 aromatic heterocycles. The molecule has 1 amide bonds. The van der Waals surface area contributed by atoms with Crippen LogP contribution in [0.4, 0.5) is 0 Å². The second-order valence-electron chi connectivity index (χ2n) is 5.91. The van der Waals surface area contributed by atoms with Gasteiger partial charge < -0.3 is 14.6 Å². The number of benzene rings is 1. The first kappa shape index (κ1) is 19.8. The van der Waals surface area contributed by atoms with Gasteiger partial charge in [-0.3, -0.25) is 14.5 Å². The maximum Gasteiger partial charge on any atom is 0.326 e. The normalized spacial score (nSPS) is 16.6. The molecular formula is C19H15NO6S2. The SMILES string of the molecule is O=C(O)CCC(C(=O)O)N1C(=O)C(=Cc2ccc(-c3ccccc3)o2)SC1=S. The van der Waals surface area contributed by atoms with Gasteiger partial charge in [-0.1, -0.05) is 54.3 Å². The van der Waals surface area contributed by atoms with Gasteiger partial charge in [0.05, 0.1) is 4.91 Å². The maximum absolute atomic E-state index is 12.7. The maximum atomic E-state index is 12.7. The van der Waals surface area contributed by atoms with Crippen LogP contribution in [-0.4, -0.2) is 43.3 Å². The molecule has 0 bridgehead atoms. The monoisotopic (exact) mass is 417 g/mol. The van der Waals surface area contributed by atoms with Crippen molar-refractivity contribution in [3.63, 3.8) is 0 Å². The van der Waals surface area contributed by atoms with Gasteiger partial charge in [-0.25, -0.2) is 4.79 Å². The number of thiocarbonyl (C=S) groups is 1. The van der Waals surface area contributed by atoms with E-state index in [2.05, 4.69) is 0 Å². The highest BCUT2D eigenvalue weighted by molar-refractivity contribution is 8.26. The molecule has 2 aromatic rings. The van der Waals surface area contributed by atoms with E-state index in [9.17, 15) is 19.5 Å². The molecule has 1 fully saturated rings. The van der Waals surface area contributed by atoms with Crippen LogP contribution in [-0.2, 0) is 14.4 Å². The fourth-order valence-corrected chi connectivity index (χ4v) is 4.03. The topological polar surface area (TPSA) is 108 Å². The summed E-state index contributed by atoms with van der Waals surface area (Å²) in [6.45, 7) is 0. The fourth-order valence-electron chi connectivity index (χ4n) is 2.69. The lowest BCUT2D eigenvalue weighted by atomic mass is 10.1. The number of amides is 1. The predicted octanol–water partition coefficient (Wildman–Crippen LogP) is 3.47. The second kappa shape index (κ2) is 8.41. The van der Waals surface area contributed by atoms with Crippen LogP contribution in [0.1, 0.15) is 18.6 Å². The minimum Gasteiger partial charge on any atom is -0.481 e. The largest absolute Gasteiger partial charge is 0.481 e. The molecule has 0 radical (unpaired) electrons. The van der Waals surface area contributed by atoms with Crippen LogP contribution in [0.5, 0.6) is 0 Å². The Labute approximate surface area is 169 Å². The Balaban J connectivity index is 1.82. The van der Waals surface area contributed by atoms with Crippen molar-refractivity contribution in [2.75, 3.05) is 0 Å². The Morgan fingerprint density at radius 2 is 1.89 bits per heavy atom. The zero-order valence-electron chi connectivity index (χ0n) is 14.4. The number of carboxylic acids is 2. The number of hydrogen-bond acceptors (Lipinski definition) is 6. The molecule has 28 heavy (non-hydrogen) atoms. The molecule has 1 aliphatic rings. The third-order valence-corrected chi connectivity index (χ3v) is 5.34. The summed E-state index contributed by atoms with van der Waals surface area (Å²) in [5, 5.41) is 18.2. The number of rotatable bonds is 7. The van der Waals surface area contributed by atoms with Crippen LogP contribution < -0.4 is 0 Å². The van der Waals surface area contributed by atoms with E-state index in [0.29, 0.717) is 11.5 Å². The van der Waals surface area contributed by atoms with E-state index in [-0.39, 0.29) is 22.1 Å². The van der Waals surface area contributed by atoms with Gasteiger partial charge in [0, 0.05) is 18.1 Å². The van der Waals surface area contributed by atoms with Crippen molar-refractivity contribution in [2.45, 2.75) is 18.9 Å². The molecule has 9 heteroatoms. The Morgan fingerprint density at radius 1 is 1.18 bits per heavy atom. The number of aliphatic carboxylic acids is 2. The van der Waals surface area contributed by atoms with Gasteiger partial charge in [-0.15, -0.1) is 0 Å². The molecule has 0 spiro atoms. The Morgan fingerprint density at radius 3 is 2.54 bits per heavy atom. The first-order valence-electron chi connectivity index (χ1n) is 8.23. The zero-order valence-corrected chi connectivity index (χ0v) is 16.0. The summed E-state index contributed by atoms with van der Waals surface area (Å²) < 4.78 is 5.81. The number of hydrogen-bond donors (Lipinski definition) is 2. The van der Waals surface area contributed by atoms with Crippen molar-refractivity contribution in [3.8, 4) is 11.3 Å². The van der Waals surface area contributed by atoms with E-state index in [0.717, 1.165) is 22.2 Å². The van der Waals surface area contributed by atoms with E-state index in [1.165, 1.54) is 6.08 Å². The third-order valence-electron chi connectivity index (χ3n) is 4.01. The first-order chi connectivity index (χ1) is 13.4. The molecular weight excluding hydrogens is 402 g/mol. The van der Waals surface area contributed by atoms with Gasteiger partial charge in [-0.2, -0.15) is 0 Å². The molecule has 2 heterocycles. The van der Waals surface area contributed by atoms with Gasteiger partial charge in [0.25, 0.3) is 5.91 Å². The Bertz CT molecular complexity index is 966. The third kappa shape index (κ3) is 4.32. The fraction of sp³-hybridized carbons (Fsp3) is 0.158. The average molecular weight is 417 g/mol. The lowest BCUT2D eigenvalue weighted by Crippen LogP contribution is -2.44. The van der Waals surface area contributed by atoms with E-state index >= 15 is 0 Å². The van der Waals surface area contributed by atoms with Crippen LogP contribution in [0.2, 0.25) is 0 Å². The first-order valence-corrected chi connectivity index (χ1v) is 9.46. The van der Waals surface area contributed by atoms with Crippen LogP contribution in [0.3, 0.4) is 0 Å². The van der Waals surface area contributed by atoms with Crippen molar-refractivity contribution in [1.82, 2.24) is 4.90 Å². The Kier molecular flexibility index (Phi) is 5.96. The van der Waals surface area contributed by atoms with E-state index in [1.807, 2.05) is 30.3 Å². The summed E-state index contributed by atoms with van der Waals surface area (Å²) in [6, 6.07) is 11.6.